The third kappa shape index (κ3) is 5.99. The van der Waals surface area contributed by atoms with Crippen LogP contribution in [0.5, 0.6) is 5.75 Å². The largest absolute Gasteiger partial charge is 0.497 e. The molecule has 2 aliphatic rings. The molecule has 0 spiro atoms. The van der Waals surface area contributed by atoms with Crippen LogP contribution in [0.3, 0.4) is 0 Å². The third-order valence-corrected chi connectivity index (χ3v) is 9.74. The highest BCUT2D eigenvalue weighted by molar-refractivity contribution is 7.89. The molecule has 0 N–H and O–H groups in total. The molecule has 0 saturated carbocycles. The number of carbonyl (C=O) groups is 2. The van der Waals surface area contributed by atoms with Gasteiger partial charge in [0, 0.05) is 19.5 Å². The Labute approximate surface area is 256 Å². The fourth-order valence-electron chi connectivity index (χ4n) is 5.52. The number of esters is 1. The average Bonchev–Trinajstić information content (AvgIpc) is 3.53. The Balaban J connectivity index is 1.17. The van der Waals surface area contributed by atoms with E-state index in [1.165, 1.54) is 33.6 Å². The Bertz CT molecular complexity index is 1820. The van der Waals surface area contributed by atoms with Crippen molar-refractivity contribution in [1.82, 2.24) is 9.31 Å². The molecule has 0 unspecified atom stereocenters. The number of hydrogen-bond acceptors (Lipinski definition) is 7. The normalized spacial score (nSPS) is 16.6. The zero-order valence-electron chi connectivity index (χ0n) is 24.1. The highest BCUT2D eigenvalue weighted by Crippen LogP contribution is 2.34. The second-order valence-corrected chi connectivity index (χ2v) is 12.5. The highest BCUT2D eigenvalue weighted by Gasteiger charge is 2.34. The molecule has 1 amide bonds. The molecule has 0 fully saturated rings. The summed E-state index contributed by atoms with van der Waals surface area (Å²) < 4.78 is 39.0. The number of sulfonamides is 1. The molecule has 2 heterocycles. The number of ether oxygens (including phenoxy) is 2. The van der Waals surface area contributed by atoms with Crippen molar-refractivity contribution in [3.63, 3.8) is 0 Å². The third-order valence-electron chi connectivity index (χ3n) is 7.90. The van der Waals surface area contributed by atoms with Gasteiger partial charge in [0.2, 0.25) is 10.0 Å². The molecule has 0 radical (unpaired) electrons. The van der Waals surface area contributed by atoms with E-state index in [2.05, 4.69) is 5.10 Å². The Morgan fingerprint density at radius 3 is 2.36 bits per heavy atom. The van der Waals surface area contributed by atoms with E-state index in [0.717, 1.165) is 28.0 Å². The molecular formula is C34H31N3O6S. The molecular weight excluding hydrogens is 578 g/mol. The maximum absolute atomic E-state index is 13.5. The second kappa shape index (κ2) is 12.4. The molecule has 224 valence electrons. The van der Waals surface area contributed by atoms with Gasteiger partial charge in [0.1, 0.15) is 5.75 Å². The average molecular weight is 610 g/mol. The van der Waals surface area contributed by atoms with E-state index >= 15 is 0 Å². The Hall–Kier alpha value is -4.80. The molecule has 4 aromatic rings. The summed E-state index contributed by atoms with van der Waals surface area (Å²) in [5, 5.41) is 5.97. The van der Waals surface area contributed by atoms with Crippen molar-refractivity contribution < 1.29 is 27.5 Å². The van der Waals surface area contributed by atoms with Crippen LogP contribution < -0.4 is 4.74 Å². The van der Waals surface area contributed by atoms with Crippen LogP contribution in [0.4, 0.5) is 0 Å². The van der Waals surface area contributed by atoms with Gasteiger partial charge in [-0.1, -0.05) is 72.8 Å². The number of carbonyl (C=O) groups excluding carboxylic acids is 2. The van der Waals surface area contributed by atoms with E-state index in [0.29, 0.717) is 25.1 Å². The number of benzene rings is 4. The summed E-state index contributed by atoms with van der Waals surface area (Å²) in [6.45, 7) is 0.0501. The van der Waals surface area contributed by atoms with Gasteiger partial charge in [-0.15, -0.1) is 0 Å². The van der Waals surface area contributed by atoms with E-state index in [1.54, 1.807) is 7.11 Å². The Kier molecular flexibility index (Phi) is 8.28. The lowest BCUT2D eigenvalue weighted by Crippen LogP contribution is -2.36. The number of fused-ring (bicyclic) bond motifs is 1. The molecule has 0 aromatic heterocycles. The fraction of sp³-hybridized carbons (Fsp3) is 0.206. The monoisotopic (exact) mass is 609 g/mol. The van der Waals surface area contributed by atoms with E-state index in [4.69, 9.17) is 9.47 Å². The van der Waals surface area contributed by atoms with Gasteiger partial charge in [0.15, 0.2) is 6.61 Å². The minimum Gasteiger partial charge on any atom is -0.497 e. The lowest BCUT2D eigenvalue weighted by molar-refractivity contribution is -0.136. The van der Waals surface area contributed by atoms with Crippen LogP contribution in [0, 0.1) is 0 Å². The SMILES string of the molecule is COc1ccc([C@H]2CC(c3ccccc3)=NN2C(=O)COC(=O)c2cccc(S(=O)(=O)N3CCc4ccccc4C3)c2)cc1. The van der Waals surface area contributed by atoms with Crippen LogP contribution in [-0.4, -0.2) is 55.6 Å². The standard InChI is InChI=1S/C34H31N3O6S/c1-42-29-16-14-26(15-17-29)32-21-31(25-9-3-2-4-10-25)35-37(32)33(38)23-43-34(39)27-12-7-13-30(20-27)44(40,41)36-19-18-24-8-5-6-11-28(24)22-36/h2-17,20,32H,18-19,21-23H2,1H3/t32-/m1/s1. The number of rotatable bonds is 8. The minimum atomic E-state index is -3.86. The molecule has 9 nitrogen and oxygen atoms in total. The van der Waals surface area contributed by atoms with Crippen molar-refractivity contribution in [1.29, 1.82) is 0 Å². The first-order valence-corrected chi connectivity index (χ1v) is 15.7. The molecule has 0 bridgehead atoms. The lowest BCUT2D eigenvalue weighted by Gasteiger charge is -2.28. The number of hydrazone groups is 1. The van der Waals surface area contributed by atoms with Crippen LogP contribution in [0.15, 0.2) is 113 Å². The number of nitrogens with zero attached hydrogens (tertiary/aromatic N) is 3. The summed E-state index contributed by atoms with van der Waals surface area (Å²) in [5.74, 6) is -0.607. The van der Waals surface area contributed by atoms with Gasteiger partial charge in [0.25, 0.3) is 5.91 Å². The van der Waals surface area contributed by atoms with Crippen molar-refractivity contribution in [2.24, 2.45) is 5.10 Å². The topological polar surface area (TPSA) is 106 Å². The van der Waals surface area contributed by atoms with Gasteiger partial charge >= 0.3 is 5.97 Å². The first-order chi connectivity index (χ1) is 21.3. The maximum Gasteiger partial charge on any atom is 0.338 e. The van der Waals surface area contributed by atoms with Gasteiger partial charge in [-0.25, -0.2) is 18.2 Å². The highest BCUT2D eigenvalue weighted by atomic mass is 32.2. The zero-order valence-corrected chi connectivity index (χ0v) is 24.9. The molecule has 0 aliphatic carbocycles. The second-order valence-electron chi connectivity index (χ2n) is 10.6. The van der Waals surface area contributed by atoms with Crippen LogP contribution in [0.25, 0.3) is 0 Å². The summed E-state index contributed by atoms with van der Waals surface area (Å²) in [7, 11) is -2.27. The molecule has 44 heavy (non-hydrogen) atoms. The fourth-order valence-corrected chi connectivity index (χ4v) is 6.98. The predicted molar refractivity (Wildman–Crippen MR) is 165 cm³/mol. The summed E-state index contributed by atoms with van der Waals surface area (Å²) in [6.07, 6.45) is 1.10. The predicted octanol–water partition coefficient (Wildman–Crippen LogP) is 4.98. The molecule has 0 saturated heterocycles. The van der Waals surface area contributed by atoms with E-state index in [-0.39, 0.29) is 17.0 Å². The van der Waals surface area contributed by atoms with E-state index < -0.39 is 34.5 Å². The number of hydrogen-bond donors (Lipinski definition) is 0. The quantitative estimate of drug-likeness (QED) is 0.261. The van der Waals surface area contributed by atoms with Gasteiger partial charge in [-0.3, -0.25) is 4.79 Å². The Morgan fingerprint density at radius 2 is 1.61 bits per heavy atom. The molecule has 2 aliphatic heterocycles. The van der Waals surface area contributed by atoms with Crippen molar-refractivity contribution in [3.8, 4) is 5.75 Å². The van der Waals surface area contributed by atoms with Crippen molar-refractivity contribution in [2.75, 3.05) is 20.3 Å². The van der Waals surface area contributed by atoms with Crippen LogP contribution in [0.1, 0.15) is 45.1 Å². The number of methoxy groups -OCH3 is 1. The maximum atomic E-state index is 13.5. The minimum absolute atomic E-state index is 0.00567. The first kappa shape index (κ1) is 29.3. The van der Waals surface area contributed by atoms with E-state index in [9.17, 15) is 18.0 Å². The van der Waals surface area contributed by atoms with Crippen molar-refractivity contribution >= 4 is 27.6 Å². The van der Waals surface area contributed by atoms with Gasteiger partial charge in [0.05, 0.1) is 29.3 Å². The smallest absolute Gasteiger partial charge is 0.338 e. The first-order valence-electron chi connectivity index (χ1n) is 14.3. The zero-order chi connectivity index (χ0) is 30.7. The van der Waals surface area contributed by atoms with Gasteiger partial charge < -0.3 is 9.47 Å². The van der Waals surface area contributed by atoms with Gasteiger partial charge in [-0.05, 0) is 59.0 Å². The van der Waals surface area contributed by atoms with Crippen LogP contribution in [0.2, 0.25) is 0 Å². The van der Waals surface area contributed by atoms with Crippen LogP contribution in [-0.2, 0) is 32.5 Å². The summed E-state index contributed by atoms with van der Waals surface area (Å²) in [4.78, 5) is 26.4. The summed E-state index contributed by atoms with van der Waals surface area (Å²) in [5.41, 5.74) is 4.63. The molecule has 1 atom stereocenters. The van der Waals surface area contributed by atoms with Crippen molar-refractivity contribution in [2.45, 2.75) is 30.3 Å². The van der Waals surface area contributed by atoms with E-state index in [1.807, 2.05) is 78.9 Å². The Morgan fingerprint density at radius 1 is 0.886 bits per heavy atom. The summed E-state index contributed by atoms with van der Waals surface area (Å²) >= 11 is 0. The number of amides is 1. The lowest BCUT2D eigenvalue weighted by atomic mass is 9.98. The van der Waals surface area contributed by atoms with Gasteiger partial charge in [-0.2, -0.15) is 9.41 Å². The molecule has 6 rings (SSSR count). The summed E-state index contributed by atoms with van der Waals surface area (Å²) in [6, 6.07) is 30.1. The molecule has 10 heteroatoms. The molecule has 4 aromatic carbocycles. The van der Waals surface area contributed by atoms with Crippen molar-refractivity contribution in [3.05, 3.63) is 131 Å². The van der Waals surface area contributed by atoms with Crippen LogP contribution >= 0.6 is 0 Å².